The fourth-order valence-corrected chi connectivity index (χ4v) is 5.44. The lowest BCUT2D eigenvalue weighted by atomic mass is 9.98. The summed E-state index contributed by atoms with van der Waals surface area (Å²) >= 11 is 1.95. The van der Waals surface area contributed by atoms with Gasteiger partial charge in [-0.1, -0.05) is 17.8 Å². The van der Waals surface area contributed by atoms with Gasteiger partial charge < -0.3 is 10.2 Å². The van der Waals surface area contributed by atoms with Crippen LogP contribution in [-0.2, 0) is 6.42 Å². The Bertz CT molecular complexity index is 500. The number of hydrogen-bond donors (Lipinski definition) is 1. The van der Waals surface area contributed by atoms with E-state index in [2.05, 4.69) is 22.2 Å². The predicted molar refractivity (Wildman–Crippen MR) is 88.3 cm³/mol. The Balaban J connectivity index is 1.53. The Kier molecular flexibility index (Phi) is 3.90. The Morgan fingerprint density at radius 3 is 3.00 bits per heavy atom. The molecular weight excluding hydrogens is 280 g/mol. The van der Waals surface area contributed by atoms with Gasteiger partial charge in [0.25, 0.3) is 0 Å². The Hall–Kier alpha value is -0.650. The van der Waals surface area contributed by atoms with Gasteiger partial charge in [-0.2, -0.15) is 0 Å². The van der Waals surface area contributed by atoms with E-state index >= 15 is 0 Å². The van der Waals surface area contributed by atoms with E-state index in [1.165, 1.54) is 73.9 Å². The maximum Gasteiger partial charge on any atom is 0.185 e. The molecule has 0 bridgehead atoms. The molecule has 2 atom stereocenters. The van der Waals surface area contributed by atoms with Crippen molar-refractivity contribution in [1.29, 1.82) is 0 Å². The van der Waals surface area contributed by atoms with Crippen LogP contribution in [0.1, 0.15) is 48.7 Å². The van der Waals surface area contributed by atoms with Crippen molar-refractivity contribution in [2.75, 3.05) is 38.1 Å². The minimum Gasteiger partial charge on any atom is -0.345 e. The molecule has 1 aromatic rings. The summed E-state index contributed by atoms with van der Waals surface area (Å²) in [6.45, 7) is 4.89. The molecule has 1 aromatic heterocycles. The molecule has 2 fully saturated rings. The third kappa shape index (κ3) is 2.60. The lowest BCUT2D eigenvalue weighted by Crippen LogP contribution is -2.54. The van der Waals surface area contributed by atoms with Gasteiger partial charge in [-0.3, -0.25) is 4.90 Å². The molecule has 1 N–H and O–H groups in total. The first kappa shape index (κ1) is 14.0. The van der Waals surface area contributed by atoms with Crippen molar-refractivity contribution in [1.82, 2.24) is 15.2 Å². The zero-order valence-electron chi connectivity index (χ0n) is 13.0. The highest BCUT2D eigenvalue weighted by molar-refractivity contribution is 7.15. The highest BCUT2D eigenvalue weighted by Crippen LogP contribution is 2.38. The van der Waals surface area contributed by atoms with E-state index in [-0.39, 0.29) is 0 Å². The standard InChI is InChI=1S/C16H26N4S/c1-17-13-6-4-7-14-15(13)21-16(18-14)20-10-9-19-8-3-2-5-12(19)11-20/h12-13,17H,2-11H2,1H3. The van der Waals surface area contributed by atoms with Crippen LogP contribution in [0, 0.1) is 0 Å². The van der Waals surface area contributed by atoms with Crippen LogP contribution in [0.15, 0.2) is 0 Å². The summed E-state index contributed by atoms with van der Waals surface area (Å²) in [6, 6.07) is 1.31. The largest absolute Gasteiger partial charge is 0.345 e. The number of fused-ring (bicyclic) bond motifs is 2. The monoisotopic (exact) mass is 306 g/mol. The van der Waals surface area contributed by atoms with Crippen molar-refractivity contribution in [2.24, 2.45) is 0 Å². The number of nitrogens with zero attached hydrogens (tertiary/aromatic N) is 3. The van der Waals surface area contributed by atoms with E-state index < -0.39 is 0 Å². The molecule has 0 radical (unpaired) electrons. The molecule has 21 heavy (non-hydrogen) atoms. The smallest absolute Gasteiger partial charge is 0.185 e. The average molecular weight is 306 g/mol. The van der Waals surface area contributed by atoms with Crippen LogP contribution in [0.5, 0.6) is 0 Å². The Morgan fingerprint density at radius 2 is 2.10 bits per heavy atom. The summed E-state index contributed by atoms with van der Waals surface area (Å²) in [5, 5.41) is 4.75. The molecule has 2 aliphatic heterocycles. The van der Waals surface area contributed by atoms with Crippen LogP contribution in [-0.4, -0.2) is 49.2 Å². The number of piperazine rings is 1. The van der Waals surface area contributed by atoms with E-state index in [4.69, 9.17) is 4.98 Å². The number of aryl methyl sites for hydroxylation is 1. The minimum atomic E-state index is 0.538. The lowest BCUT2D eigenvalue weighted by Gasteiger charge is -2.44. The molecule has 2 unspecified atom stereocenters. The van der Waals surface area contributed by atoms with E-state index in [9.17, 15) is 0 Å². The summed E-state index contributed by atoms with van der Waals surface area (Å²) < 4.78 is 0. The lowest BCUT2D eigenvalue weighted by molar-refractivity contribution is 0.133. The van der Waals surface area contributed by atoms with Gasteiger partial charge in [0.1, 0.15) is 0 Å². The molecule has 0 saturated carbocycles. The Morgan fingerprint density at radius 1 is 1.14 bits per heavy atom. The van der Waals surface area contributed by atoms with Gasteiger partial charge >= 0.3 is 0 Å². The Labute approximate surface area is 131 Å². The van der Waals surface area contributed by atoms with Gasteiger partial charge in [-0.15, -0.1) is 0 Å². The maximum atomic E-state index is 5.00. The molecule has 4 rings (SSSR count). The van der Waals surface area contributed by atoms with E-state index in [1.807, 2.05) is 11.3 Å². The van der Waals surface area contributed by atoms with Gasteiger partial charge in [-0.05, 0) is 45.7 Å². The zero-order chi connectivity index (χ0) is 14.2. The highest BCUT2D eigenvalue weighted by Gasteiger charge is 2.31. The number of rotatable bonds is 2. The quantitative estimate of drug-likeness (QED) is 0.909. The molecule has 3 aliphatic rings. The van der Waals surface area contributed by atoms with Crippen molar-refractivity contribution in [2.45, 2.75) is 50.6 Å². The number of nitrogens with one attached hydrogen (secondary N) is 1. The third-order valence-corrected chi connectivity index (χ3v) is 6.67. The first-order valence-corrected chi connectivity index (χ1v) is 9.32. The van der Waals surface area contributed by atoms with E-state index in [1.54, 1.807) is 0 Å². The van der Waals surface area contributed by atoms with Crippen molar-refractivity contribution >= 4 is 16.5 Å². The van der Waals surface area contributed by atoms with Crippen LogP contribution in [0.25, 0.3) is 0 Å². The fourth-order valence-electron chi connectivity index (χ4n) is 4.15. The van der Waals surface area contributed by atoms with Crippen LogP contribution in [0.3, 0.4) is 0 Å². The molecule has 0 spiro atoms. The van der Waals surface area contributed by atoms with Gasteiger partial charge in [-0.25, -0.2) is 4.98 Å². The fraction of sp³-hybridized carbons (Fsp3) is 0.812. The van der Waals surface area contributed by atoms with Crippen LogP contribution >= 0.6 is 11.3 Å². The first-order chi connectivity index (χ1) is 10.3. The second kappa shape index (κ2) is 5.86. The third-order valence-electron chi connectivity index (χ3n) is 5.40. The van der Waals surface area contributed by atoms with Crippen molar-refractivity contribution in [3.63, 3.8) is 0 Å². The summed E-state index contributed by atoms with van der Waals surface area (Å²) in [5.74, 6) is 0. The normalized spacial score (nSPS) is 30.0. The molecule has 4 nitrogen and oxygen atoms in total. The summed E-state index contributed by atoms with van der Waals surface area (Å²) in [7, 11) is 2.08. The number of thiazole rings is 1. The van der Waals surface area contributed by atoms with Gasteiger partial charge in [0, 0.05) is 36.6 Å². The molecule has 2 saturated heterocycles. The molecule has 3 heterocycles. The second-order valence-electron chi connectivity index (χ2n) is 6.67. The van der Waals surface area contributed by atoms with Gasteiger partial charge in [0.15, 0.2) is 5.13 Å². The molecule has 1 aliphatic carbocycles. The predicted octanol–water partition coefficient (Wildman–Crippen LogP) is 2.41. The second-order valence-corrected chi connectivity index (χ2v) is 7.68. The molecule has 116 valence electrons. The molecule has 0 aromatic carbocycles. The molecule has 0 amide bonds. The number of hydrogen-bond acceptors (Lipinski definition) is 5. The van der Waals surface area contributed by atoms with Crippen LogP contribution < -0.4 is 10.2 Å². The molecular formula is C16H26N4S. The van der Waals surface area contributed by atoms with Crippen LogP contribution in [0.2, 0.25) is 0 Å². The zero-order valence-corrected chi connectivity index (χ0v) is 13.8. The summed E-state index contributed by atoms with van der Waals surface area (Å²) in [5.41, 5.74) is 1.37. The number of aromatic nitrogens is 1. The van der Waals surface area contributed by atoms with Gasteiger partial charge in [0.05, 0.1) is 5.69 Å². The topological polar surface area (TPSA) is 31.4 Å². The maximum absolute atomic E-state index is 5.00. The SMILES string of the molecule is CNC1CCCc2nc(N3CCN4CCCCC4C3)sc21. The summed E-state index contributed by atoms with van der Waals surface area (Å²) in [4.78, 5) is 11.8. The van der Waals surface area contributed by atoms with Crippen molar-refractivity contribution in [3.05, 3.63) is 10.6 Å². The van der Waals surface area contributed by atoms with E-state index in [0.717, 1.165) is 12.6 Å². The first-order valence-electron chi connectivity index (χ1n) is 8.51. The summed E-state index contributed by atoms with van der Waals surface area (Å²) in [6.07, 6.45) is 7.89. The van der Waals surface area contributed by atoms with E-state index in [0.29, 0.717) is 6.04 Å². The minimum absolute atomic E-state index is 0.538. The average Bonchev–Trinajstić information content (AvgIpc) is 2.98. The van der Waals surface area contributed by atoms with Crippen molar-refractivity contribution < 1.29 is 0 Å². The highest BCUT2D eigenvalue weighted by atomic mass is 32.1. The molecule has 5 heteroatoms. The van der Waals surface area contributed by atoms with Crippen LogP contribution in [0.4, 0.5) is 5.13 Å². The van der Waals surface area contributed by atoms with Crippen molar-refractivity contribution in [3.8, 4) is 0 Å². The van der Waals surface area contributed by atoms with Gasteiger partial charge in [0.2, 0.25) is 0 Å². The number of anilines is 1. The number of piperidine rings is 1.